The van der Waals surface area contributed by atoms with Crippen LogP contribution in [0.5, 0.6) is 5.75 Å². The number of para-hydroxylation sites is 1. The molecule has 0 saturated heterocycles. The quantitative estimate of drug-likeness (QED) is 0.789. The number of nitrogens with zero attached hydrogens (tertiary/aromatic N) is 2. The highest BCUT2D eigenvalue weighted by Crippen LogP contribution is 2.36. The van der Waals surface area contributed by atoms with Gasteiger partial charge in [-0.05, 0) is 25.0 Å². The monoisotopic (exact) mass is 312 g/mol. The van der Waals surface area contributed by atoms with E-state index in [1.807, 2.05) is 18.3 Å². The molecule has 3 rings (SSSR count). The summed E-state index contributed by atoms with van der Waals surface area (Å²) >= 11 is 0. The van der Waals surface area contributed by atoms with Crippen LogP contribution in [0.3, 0.4) is 0 Å². The van der Waals surface area contributed by atoms with Crippen molar-refractivity contribution in [3.05, 3.63) is 36.2 Å². The molecule has 5 heteroatoms. The number of phenolic OH excluding ortho intramolecular Hbond substituents is 1. The van der Waals surface area contributed by atoms with Crippen LogP contribution in [0, 0.1) is 0 Å². The SMILES string of the molecule is NCCNc1cnc(-c2ccccc2O)nc1C1CCCCC1. The van der Waals surface area contributed by atoms with Gasteiger partial charge in [-0.1, -0.05) is 31.4 Å². The lowest BCUT2D eigenvalue weighted by Crippen LogP contribution is -2.17. The van der Waals surface area contributed by atoms with E-state index in [0.29, 0.717) is 30.4 Å². The van der Waals surface area contributed by atoms with Gasteiger partial charge in [-0.25, -0.2) is 9.97 Å². The fourth-order valence-electron chi connectivity index (χ4n) is 3.22. The molecule has 0 amide bonds. The highest BCUT2D eigenvalue weighted by molar-refractivity contribution is 5.65. The lowest BCUT2D eigenvalue weighted by molar-refractivity contribution is 0.437. The van der Waals surface area contributed by atoms with Gasteiger partial charge < -0.3 is 16.2 Å². The standard InChI is InChI=1S/C18H24N4O/c19-10-11-20-15-12-21-18(14-8-4-5-9-16(14)23)22-17(15)13-6-2-1-3-7-13/h4-5,8-9,12-13,20,23H,1-3,6-7,10-11,19H2. The Morgan fingerprint density at radius 2 is 1.96 bits per heavy atom. The number of hydrogen-bond acceptors (Lipinski definition) is 5. The molecule has 0 bridgehead atoms. The minimum atomic E-state index is 0.213. The lowest BCUT2D eigenvalue weighted by Gasteiger charge is -2.24. The summed E-state index contributed by atoms with van der Waals surface area (Å²) < 4.78 is 0. The van der Waals surface area contributed by atoms with Crippen LogP contribution in [0.15, 0.2) is 30.5 Å². The van der Waals surface area contributed by atoms with Crippen LogP contribution >= 0.6 is 0 Å². The molecular weight excluding hydrogens is 288 g/mol. The van der Waals surface area contributed by atoms with Crippen molar-refractivity contribution in [3.63, 3.8) is 0 Å². The van der Waals surface area contributed by atoms with E-state index in [1.165, 1.54) is 19.3 Å². The van der Waals surface area contributed by atoms with Gasteiger partial charge in [-0.15, -0.1) is 0 Å². The summed E-state index contributed by atoms with van der Waals surface area (Å²) in [6.07, 6.45) is 7.95. The number of benzene rings is 1. The first-order valence-corrected chi connectivity index (χ1v) is 8.39. The van der Waals surface area contributed by atoms with Gasteiger partial charge >= 0.3 is 0 Å². The number of phenols is 1. The number of aromatic nitrogens is 2. The largest absolute Gasteiger partial charge is 0.507 e. The van der Waals surface area contributed by atoms with Crippen molar-refractivity contribution in [1.82, 2.24) is 9.97 Å². The number of anilines is 1. The van der Waals surface area contributed by atoms with E-state index < -0.39 is 0 Å². The van der Waals surface area contributed by atoms with Crippen LogP contribution in [0.4, 0.5) is 5.69 Å². The van der Waals surface area contributed by atoms with Gasteiger partial charge in [0, 0.05) is 19.0 Å². The topological polar surface area (TPSA) is 84.1 Å². The maximum absolute atomic E-state index is 10.1. The fraction of sp³-hybridized carbons (Fsp3) is 0.444. The maximum atomic E-state index is 10.1. The third kappa shape index (κ3) is 3.62. The summed E-state index contributed by atoms with van der Waals surface area (Å²) in [5, 5.41) is 13.4. The van der Waals surface area contributed by atoms with Gasteiger partial charge in [0.1, 0.15) is 5.75 Å². The van der Waals surface area contributed by atoms with E-state index in [-0.39, 0.29) is 5.75 Å². The minimum absolute atomic E-state index is 0.213. The van der Waals surface area contributed by atoms with Crippen molar-refractivity contribution in [2.75, 3.05) is 18.4 Å². The lowest BCUT2D eigenvalue weighted by atomic mass is 9.86. The molecule has 0 spiro atoms. The second-order valence-corrected chi connectivity index (χ2v) is 6.06. The highest BCUT2D eigenvalue weighted by atomic mass is 16.3. The number of hydrogen-bond donors (Lipinski definition) is 3. The van der Waals surface area contributed by atoms with Gasteiger partial charge in [0.15, 0.2) is 5.82 Å². The normalized spacial score (nSPS) is 15.5. The van der Waals surface area contributed by atoms with Crippen LogP contribution in [-0.4, -0.2) is 28.2 Å². The Bertz CT molecular complexity index is 653. The molecule has 1 saturated carbocycles. The average Bonchev–Trinajstić information content (AvgIpc) is 2.61. The minimum Gasteiger partial charge on any atom is -0.507 e. The summed E-state index contributed by atoms with van der Waals surface area (Å²) in [5.74, 6) is 1.25. The Hall–Kier alpha value is -2.14. The van der Waals surface area contributed by atoms with Crippen molar-refractivity contribution in [1.29, 1.82) is 0 Å². The number of aromatic hydroxyl groups is 1. The van der Waals surface area contributed by atoms with E-state index in [1.54, 1.807) is 12.1 Å². The maximum Gasteiger partial charge on any atom is 0.163 e. The van der Waals surface area contributed by atoms with Crippen LogP contribution in [-0.2, 0) is 0 Å². The number of nitrogens with two attached hydrogens (primary N) is 1. The average molecular weight is 312 g/mol. The third-order valence-electron chi connectivity index (χ3n) is 4.41. The van der Waals surface area contributed by atoms with E-state index in [0.717, 1.165) is 24.2 Å². The zero-order valence-electron chi connectivity index (χ0n) is 13.3. The predicted molar refractivity (Wildman–Crippen MR) is 92.5 cm³/mol. The predicted octanol–water partition coefficient (Wildman–Crippen LogP) is 3.27. The van der Waals surface area contributed by atoms with E-state index in [2.05, 4.69) is 10.3 Å². The Balaban J connectivity index is 1.98. The molecule has 122 valence electrons. The molecule has 0 atom stereocenters. The van der Waals surface area contributed by atoms with Gasteiger partial charge in [0.2, 0.25) is 0 Å². The molecule has 1 heterocycles. The first-order chi connectivity index (χ1) is 11.3. The summed E-state index contributed by atoms with van der Waals surface area (Å²) in [6, 6.07) is 7.21. The van der Waals surface area contributed by atoms with Gasteiger partial charge in [-0.3, -0.25) is 0 Å². The van der Waals surface area contributed by atoms with Crippen LogP contribution < -0.4 is 11.1 Å². The Morgan fingerprint density at radius 3 is 2.70 bits per heavy atom. The third-order valence-corrected chi connectivity index (χ3v) is 4.41. The molecule has 1 aliphatic carbocycles. The second kappa shape index (κ2) is 7.42. The molecule has 2 aromatic rings. The molecule has 23 heavy (non-hydrogen) atoms. The molecule has 5 nitrogen and oxygen atoms in total. The van der Waals surface area contributed by atoms with Gasteiger partial charge in [0.05, 0.1) is 23.1 Å². The molecule has 1 aliphatic rings. The smallest absolute Gasteiger partial charge is 0.163 e. The highest BCUT2D eigenvalue weighted by Gasteiger charge is 2.21. The van der Waals surface area contributed by atoms with E-state index in [9.17, 15) is 5.11 Å². The Kier molecular flexibility index (Phi) is 5.08. The van der Waals surface area contributed by atoms with Gasteiger partial charge in [0.25, 0.3) is 0 Å². The zero-order valence-corrected chi connectivity index (χ0v) is 13.3. The first-order valence-electron chi connectivity index (χ1n) is 8.39. The van der Waals surface area contributed by atoms with Crippen LogP contribution in [0.25, 0.3) is 11.4 Å². The van der Waals surface area contributed by atoms with Crippen LogP contribution in [0.2, 0.25) is 0 Å². The summed E-state index contributed by atoms with van der Waals surface area (Å²) in [5.41, 5.74) is 8.32. The Labute approximate surface area is 137 Å². The fourth-order valence-corrected chi connectivity index (χ4v) is 3.22. The summed E-state index contributed by atoms with van der Waals surface area (Å²) in [4.78, 5) is 9.25. The first kappa shape index (κ1) is 15.7. The van der Waals surface area contributed by atoms with Gasteiger partial charge in [-0.2, -0.15) is 0 Å². The second-order valence-electron chi connectivity index (χ2n) is 6.06. The van der Waals surface area contributed by atoms with E-state index >= 15 is 0 Å². The molecule has 1 aromatic heterocycles. The van der Waals surface area contributed by atoms with E-state index in [4.69, 9.17) is 10.7 Å². The van der Waals surface area contributed by atoms with Crippen molar-refractivity contribution < 1.29 is 5.11 Å². The molecule has 4 N–H and O–H groups in total. The summed E-state index contributed by atoms with van der Waals surface area (Å²) in [6.45, 7) is 1.28. The number of rotatable bonds is 5. The molecule has 0 radical (unpaired) electrons. The molecule has 0 unspecified atom stereocenters. The molecular formula is C18H24N4O. The Morgan fingerprint density at radius 1 is 1.17 bits per heavy atom. The molecule has 1 aromatic carbocycles. The van der Waals surface area contributed by atoms with Crippen molar-refractivity contribution >= 4 is 5.69 Å². The molecule has 0 aliphatic heterocycles. The molecule has 1 fully saturated rings. The van der Waals surface area contributed by atoms with Crippen molar-refractivity contribution in [2.45, 2.75) is 38.0 Å². The van der Waals surface area contributed by atoms with Crippen molar-refractivity contribution in [2.24, 2.45) is 5.73 Å². The number of nitrogens with one attached hydrogen (secondary N) is 1. The zero-order chi connectivity index (χ0) is 16.1. The van der Waals surface area contributed by atoms with Crippen molar-refractivity contribution in [3.8, 4) is 17.1 Å². The van der Waals surface area contributed by atoms with Crippen LogP contribution in [0.1, 0.15) is 43.7 Å². The summed E-state index contributed by atoms with van der Waals surface area (Å²) in [7, 11) is 0.